The minimum atomic E-state index is -0.639. The van der Waals surface area contributed by atoms with Crippen LogP contribution < -0.4 is 0 Å². The van der Waals surface area contributed by atoms with E-state index in [-0.39, 0.29) is 0 Å². The molecule has 1 amide bonds. The Bertz CT molecular complexity index is 469. The summed E-state index contributed by atoms with van der Waals surface area (Å²) in [4.78, 5) is 11.3. The topological polar surface area (TPSA) is 47.3 Å². The van der Waals surface area contributed by atoms with Gasteiger partial charge in [-0.1, -0.05) is 24.3 Å². The number of benzene rings is 1. The third-order valence-corrected chi connectivity index (χ3v) is 2.84. The number of hydrogen-bond donors (Lipinski definition) is 0. The van der Waals surface area contributed by atoms with Gasteiger partial charge >= 0.3 is 5.37 Å². The van der Waals surface area contributed by atoms with Gasteiger partial charge < -0.3 is 0 Å². The molecule has 16 heavy (non-hydrogen) atoms. The number of rotatable bonds is 0. The molecule has 1 unspecified atom stereocenters. The number of amides is 1. The highest BCUT2D eigenvalue weighted by Gasteiger charge is 2.33. The minimum Gasteiger partial charge on any atom is -0.254 e. The van der Waals surface area contributed by atoms with E-state index in [2.05, 4.69) is 6.07 Å². The predicted molar refractivity (Wildman–Crippen MR) is 59.4 cm³/mol. The molecule has 0 radical (unpaired) electrons. The molecule has 5 heteroatoms. The largest absolute Gasteiger partial charge is 0.332 e. The van der Waals surface area contributed by atoms with Crippen LogP contribution in [0.15, 0.2) is 24.3 Å². The molecule has 1 aliphatic heterocycles. The summed E-state index contributed by atoms with van der Waals surface area (Å²) in [6.45, 7) is 0.576. The molecule has 0 N–H and O–H groups in total. The van der Waals surface area contributed by atoms with Crippen LogP contribution in [0.5, 0.6) is 0 Å². The maximum Gasteiger partial charge on any atom is 0.332 e. The number of nitrogens with zero attached hydrogens (tertiary/aromatic N) is 3. The Morgan fingerprint density at radius 1 is 1.56 bits per heavy atom. The minimum absolute atomic E-state index is 0.576. The van der Waals surface area contributed by atoms with Crippen molar-refractivity contribution in [2.75, 3.05) is 7.05 Å². The van der Waals surface area contributed by atoms with Crippen molar-refractivity contribution in [3.63, 3.8) is 0 Å². The molecule has 4 nitrogen and oxygen atoms in total. The molecule has 1 aromatic carbocycles. The Kier molecular flexibility index (Phi) is 2.82. The molecule has 0 aliphatic carbocycles. The summed E-state index contributed by atoms with van der Waals surface area (Å²) in [5, 5.41) is 11.4. The van der Waals surface area contributed by atoms with E-state index >= 15 is 0 Å². The SMILES string of the molecule is CN1Cc2ccccc2C(C#N)N1C(=O)Cl. The maximum absolute atomic E-state index is 11.3. The lowest BCUT2D eigenvalue weighted by molar-refractivity contribution is 0.0105. The van der Waals surface area contributed by atoms with Crippen LogP contribution in [-0.4, -0.2) is 22.4 Å². The van der Waals surface area contributed by atoms with E-state index in [1.165, 1.54) is 5.01 Å². The number of carbonyl (C=O) groups is 1. The van der Waals surface area contributed by atoms with Gasteiger partial charge in [-0.2, -0.15) is 5.26 Å². The Hall–Kier alpha value is -1.57. The predicted octanol–water partition coefficient (Wildman–Crippen LogP) is 2.27. The van der Waals surface area contributed by atoms with Crippen molar-refractivity contribution < 1.29 is 4.79 Å². The fourth-order valence-electron chi connectivity index (χ4n) is 1.96. The van der Waals surface area contributed by atoms with E-state index < -0.39 is 11.4 Å². The first kappa shape index (κ1) is 10.9. The molecule has 0 fully saturated rings. The van der Waals surface area contributed by atoms with Gasteiger partial charge in [-0.25, -0.2) is 10.0 Å². The summed E-state index contributed by atoms with van der Waals surface area (Å²) in [6, 6.07) is 9.03. The van der Waals surface area contributed by atoms with Crippen LogP contribution in [0.1, 0.15) is 17.2 Å². The molecule has 1 heterocycles. The van der Waals surface area contributed by atoms with E-state index in [1.807, 2.05) is 24.3 Å². The fourth-order valence-corrected chi connectivity index (χ4v) is 2.18. The molecule has 82 valence electrons. The summed E-state index contributed by atoms with van der Waals surface area (Å²) >= 11 is 5.49. The Morgan fingerprint density at radius 2 is 2.25 bits per heavy atom. The van der Waals surface area contributed by atoms with E-state index in [1.54, 1.807) is 12.1 Å². The van der Waals surface area contributed by atoms with Gasteiger partial charge in [0, 0.05) is 13.6 Å². The Labute approximate surface area is 98.6 Å². The lowest BCUT2D eigenvalue weighted by Gasteiger charge is -2.38. The Balaban J connectivity index is 2.50. The van der Waals surface area contributed by atoms with E-state index in [0.29, 0.717) is 6.54 Å². The van der Waals surface area contributed by atoms with Crippen LogP contribution in [0.4, 0.5) is 4.79 Å². The average molecular weight is 236 g/mol. The van der Waals surface area contributed by atoms with Crippen LogP contribution in [0, 0.1) is 11.3 Å². The molecular formula is C11H10ClN3O. The second-order valence-electron chi connectivity index (χ2n) is 3.64. The first-order valence-corrected chi connectivity index (χ1v) is 5.20. The summed E-state index contributed by atoms with van der Waals surface area (Å²) in [5.41, 5.74) is 1.89. The zero-order valence-corrected chi connectivity index (χ0v) is 9.48. The quantitative estimate of drug-likeness (QED) is 0.512. The zero-order valence-electron chi connectivity index (χ0n) is 8.72. The van der Waals surface area contributed by atoms with Crippen molar-refractivity contribution in [2.45, 2.75) is 12.6 Å². The summed E-state index contributed by atoms with van der Waals surface area (Å²) in [6.07, 6.45) is 0. The average Bonchev–Trinajstić information content (AvgIpc) is 2.26. The van der Waals surface area contributed by atoms with Gasteiger partial charge in [0.2, 0.25) is 0 Å². The van der Waals surface area contributed by atoms with E-state index in [4.69, 9.17) is 16.9 Å². The number of hydrazine groups is 1. The smallest absolute Gasteiger partial charge is 0.254 e. The molecule has 0 saturated carbocycles. The lowest BCUT2D eigenvalue weighted by atomic mass is 9.98. The van der Waals surface area contributed by atoms with E-state index in [9.17, 15) is 4.79 Å². The maximum atomic E-state index is 11.3. The van der Waals surface area contributed by atoms with Gasteiger partial charge in [-0.15, -0.1) is 0 Å². The van der Waals surface area contributed by atoms with Gasteiger partial charge in [0.25, 0.3) is 0 Å². The number of carbonyl (C=O) groups excluding carboxylic acids is 1. The number of fused-ring (bicyclic) bond motifs is 1. The van der Waals surface area contributed by atoms with E-state index in [0.717, 1.165) is 11.1 Å². The van der Waals surface area contributed by atoms with Gasteiger partial charge in [0.05, 0.1) is 6.07 Å². The molecule has 0 saturated heterocycles. The third kappa shape index (κ3) is 1.64. The molecule has 1 atom stereocenters. The van der Waals surface area contributed by atoms with Crippen LogP contribution >= 0.6 is 11.6 Å². The molecule has 0 aromatic heterocycles. The molecule has 0 bridgehead atoms. The highest BCUT2D eigenvalue weighted by molar-refractivity contribution is 6.62. The lowest BCUT2D eigenvalue weighted by Crippen LogP contribution is -2.46. The normalized spacial score (nSPS) is 20.1. The van der Waals surface area contributed by atoms with Gasteiger partial charge in [-0.05, 0) is 22.7 Å². The van der Waals surface area contributed by atoms with Crippen molar-refractivity contribution in [3.05, 3.63) is 35.4 Å². The van der Waals surface area contributed by atoms with Gasteiger partial charge in [0.1, 0.15) is 0 Å². The van der Waals surface area contributed by atoms with Crippen molar-refractivity contribution in [3.8, 4) is 6.07 Å². The highest BCUT2D eigenvalue weighted by atomic mass is 35.5. The monoisotopic (exact) mass is 235 g/mol. The second-order valence-corrected chi connectivity index (χ2v) is 3.97. The summed E-state index contributed by atoms with van der Waals surface area (Å²) < 4.78 is 0. The molecular weight excluding hydrogens is 226 g/mol. The first-order chi connectivity index (χ1) is 7.65. The van der Waals surface area contributed by atoms with Gasteiger partial charge in [0.15, 0.2) is 6.04 Å². The second kappa shape index (κ2) is 4.12. The van der Waals surface area contributed by atoms with Crippen LogP contribution in [0.3, 0.4) is 0 Å². The molecule has 0 spiro atoms. The Morgan fingerprint density at radius 3 is 2.88 bits per heavy atom. The highest BCUT2D eigenvalue weighted by Crippen LogP contribution is 2.31. The number of nitriles is 1. The van der Waals surface area contributed by atoms with Crippen molar-refractivity contribution in [1.82, 2.24) is 10.0 Å². The molecule has 1 aromatic rings. The van der Waals surface area contributed by atoms with Gasteiger partial charge in [-0.3, -0.25) is 4.79 Å². The number of hydrogen-bond acceptors (Lipinski definition) is 3. The summed E-state index contributed by atoms with van der Waals surface area (Å²) in [7, 11) is 1.74. The standard InChI is InChI=1S/C11H10ClN3O/c1-14-7-8-4-2-3-5-9(8)10(6-13)15(14)11(12)16/h2-5,10H,7H2,1H3. The zero-order chi connectivity index (χ0) is 11.7. The summed E-state index contributed by atoms with van der Waals surface area (Å²) in [5.74, 6) is 0. The van der Waals surface area contributed by atoms with Crippen molar-refractivity contribution in [2.24, 2.45) is 0 Å². The van der Waals surface area contributed by atoms with Crippen molar-refractivity contribution >= 4 is 17.0 Å². The van der Waals surface area contributed by atoms with Crippen LogP contribution in [-0.2, 0) is 6.54 Å². The molecule has 2 rings (SSSR count). The van der Waals surface area contributed by atoms with Crippen LogP contribution in [0.25, 0.3) is 0 Å². The fraction of sp³-hybridized carbons (Fsp3) is 0.273. The van der Waals surface area contributed by atoms with Crippen molar-refractivity contribution in [1.29, 1.82) is 5.26 Å². The van der Waals surface area contributed by atoms with Crippen LogP contribution in [0.2, 0.25) is 0 Å². The first-order valence-electron chi connectivity index (χ1n) is 4.82. The molecule has 1 aliphatic rings. The third-order valence-electron chi connectivity index (χ3n) is 2.66. The number of halogens is 1.